The van der Waals surface area contributed by atoms with E-state index in [1.54, 1.807) is 12.1 Å². The van der Waals surface area contributed by atoms with E-state index in [-0.39, 0.29) is 23.6 Å². The SMILES string of the molecule is CC(C)(C)CC(O)CNCC(=O)Nc1ccccc1F. The van der Waals surface area contributed by atoms with E-state index in [1.165, 1.54) is 12.1 Å². The van der Waals surface area contributed by atoms with Crippen LogP contribution in [0.25, 0.3) is 0 Å². The van der Waals surface area contributed by atoms with Gasteiger partial charge in [0.25, 0.3) is 0 Å². The van der Waals surface area contributed by atoms with Gasteiger partial charge >= 0.3 is 0 Å². The molecule has 1 aromatic rings. The van der Waals surface area contributed by atoms with Crippen molar-refractivity contribution in [1.82, 2.24) is 5.32 Å². The third kappa shape index (κ3) is 6.63. The summed E-state index contributed by atoms with van der Waals surface area (Å²) in [6, 6.07) is 6.00. The second-order valence-electron chi connectivity index (χ2n) is 6.08. The summed E-state index contributed by atoms with van der Waals surface area (Å²) in [4.78, 5) is 11.6. The number of aliphatic hydroxyl groups excluding tert-OH is 1. The topological polar surface area (TPSA) is 61.4 Å². The molecule has 3 N–H and O–H groups in total. The van der Waals surface area contributed by atoms with Crippen LogP contribution in [0.15, 0.2) is 24.3 Å². The first-order valence-corrected chi connectivity index (χ1v) is 6.71. The van der Waals surface area contributed by atoms with Gasteiger partial charge in [-0.1, -0.05) is 32.9 Å². The van der Waals surface area contributed by atoms with Gasteiger partial charge in [0.15, 0.2) is 0 Å². The van der Waals surface area contributed by atoms with Crippen molar-refractivity contribution < 1.29 is 14.3 Å². The molecule has 112 valence electrons. The van der Waals surface area contributed by atoms with Crippen LogP contribution in [0, 0.1) is 11.2 Å². The minimum absolute atomic E-state index is 0.0372. The Morgan fingerprint density at radius 1 is 1.35 bits per heavy atom. The molecule has 0 saturated heterocycles. The van der Waals surface area contributed by atoms with Gasteiger partial charge in [-0.3, -0.25) is 4.79 Å². The molecule has 0 aliphatic rings. The lowest BCUT2D eigenvalue weighted by Crippen LogP contribution is -2.35. The summed E-state index contributed by atoms with van der Waals surface area (Å²) in [5, 5.41) is 15.1. The maximum absolute atomic E-state index is 13.3. The van der Waals surface area contributed by atoms with Crippen molar-refractivity contribution in [3.8, 4) is 0 Å². The standard InChI is InChI=1S/C15H23FN2O2/c1-15(2,3)8-11(19)9-17-10-14(20)18-13-7-5-4-6-12(13)16/h4-7,11,17,19H,8-10H2,1-3H3,(H,18,20). The lowest BCUT2D eigenvalue weighted by atomic mass is 9.89. The molecule has 1 rings (SSSR count). The van der Waals surface area contributed by atoms with E-state index in [1.807, 2.05) is 20.8 Å². The average Bonchev–Trinajstić information content (AvgIpc) is 2.29. The minimum atomic E-state index is -0.503. The molecule has 0 aliphatic heterocycles. The first-order chi connectivity index (χ1) is 9.28. The van der Waals surface area contributed by atoms with Crippen LogP contribution < -0.4 is 10.6 Å². The molecular formula is C15H23FN2O2. The van der Waals surface area contributed by atoms with Crippen molar-refractivity contribution in [2.24, 2.45) is 5.41 Å². The Bertz CT molecular complexity index is 444. The van der Waals surface area contributed by atoms with Crippen molar-refractivity contribution in [3.05, 3.63) is 30.1 Å². The number of rotatable bonds is 6. The number of carbonyl (C=O) groups is 1. The normalized spacial score (nSPS) is 13.1. The number of benzene rings is 1. The number of amides is 1. The molecule has 0 aliphatic carbocycles. The predicted octanol–water partition coefficient (Wildman–Crippen LogP) is 2.15. The van der Waals surface area contributed by atoms with Crippen molar-refractivity contribution in [2.75, 3.05) is 18.4 Å². The van der Waals surface area contributed by atoms with Crippen LogP contribution in [0.2, 0.25) is 0 Å². The molecule has 20 heavy (non-hydrogen) atoms. The Morgan fingerprint density at radius 2 is 2.00 bits per heavy atom. The summed E-state index contributed by atoms with van der Waals surface area (Å²) in [6.45, 7) is 6.50. The number of hydrogen-bond acceptors (Lipinski definition) is 3. The van der Waals surface area contributed by atoms with Crippen LogP contribution >= 0.6 is 0 Å². The molecule has 0 aromatic heterocycles. The molecule has 0 heterocycles. The molecule has 5 heteroatoms. The highest BCUT2D eigenvalue weighted by Gasteiger charge is 2.16. The van der Waals surface area contributed by atoms with Gasteiger partial charge < -0.3 is 15.7 Å². The summed E-state index contributed by atoms with van der Waals surface area (Å²) in [5.41, 5.74) is 0.200. The maximum Gasteiger partial charge on any atom is 0.238 e. The summed E-state index contributed by atoms with van der Waals surface area (Å²) < 4.78 is 13.3. The van der Waals surface area contributed by atoms with Gasteiger partial charge in [0, 0.05) is 6.54 Å². The number of nitrogens with one attached hydrogen (secondary N) is 2. The van der Waals surface area contributed by atoms with E-state index in [4.69, 9.17) is 0 Å². The second kappa shape index (κ2) is 7.36. The highest BCUT2D eigenvalue weighted by Crippen LogP contribution is 2.20. The zero-order chi connectivity index (χ0) is 15.2. The molecule has 0 saturated carbocycles. The van der Waals surface area contributed by atoms with Crippen LogP contribution in [0.1, 0.15) is 27.2 Å². The van der Waals surface area contributed by atoms with E-state index >= 15 is 0 Å². The third-order valence-electron chi connectivity index (χ3n) is 2.66. The third-order valence-corrected chi connectivity index (χ3v) is 2.66. The fraction of sp³-hybridized carbons (Fsp3) is 0.533. The quantitative estimate of drug-likeness (QED) is 0.749. The van der Waals surface area contributed by atoms with Gasteiger partial charge in [0.2, 0.25) is 5.91 Å². The molecule has 0 bridgehead atoms. The van der Waals surface area contributed by atoms with Crippen LogP contribution in [0.5, 0.6) is 0 Å². The van der Waals surface area contributed by atoms with Gasteiger partial charge in [-0.15, -0.1) is 0 Å². The van der Waals surface area contributed by atoms with Crippen LogP contribution in [-0.2, 0) is 4.79 Å². The van der Waals surface area contributed by atoms with Crippen LogP contribution in [-0.4, -0.2) is 30.2 Å². The van der Waals surface area contributed by atoms with Crippen molar-refractivity contribution in [2.45, 2.75) is 33.3 Å². The van der Waals surface area contributed by atoms with Crippen molar-refractivity contribution in [1.29, 1.82) is 0 Å². The Balaban J connectivity index is 2.29. The maximum atomic E-state index is 13.3. The molecule has 1 aromatic carbocycles. The molecule has 1 unspecified atom stereocenters. The number of hydrogen-bond donors (Lipinski definition) is 3. The number of halogens is 1. The van der Waals surface area contributed by atoms with E-state index in [0.29, 0.717) is 13.0 Å². The van der Waals surface area contributed by atoms with Gasteiger partial charge in [-0.2, -0.15) is 0 Å². The molecule has 0 radical (unpaired) electrons. The Morgan fingerprint density at radius 3 is 2.60 bits per heavy atom. The summed E-state index contributed by atoms with van der Waals surface area (Å²) in [5.74, 6) is -0.799. The largest absolute Gasteiger partial charge is 0.392 e. The smallest absolute Gasteiger partial charge is 0.238 e. The number of carbonyl (C=O) groups excluding carboxylic acids is 1. The fourth-order valence-electron chi connectivity index (χ4n) is 1.89. The Hall–Kier alpha value is -1.46. The molecule has 1 amide bonds. The number of anilines is 1. The lowest BCUT2D eigenvalue weighted by molar-refractivity contribution is -0.115. The Labute approximate surface area is 119 Å². The van der Waals surface area contributed by atoms with E-state index in [2.05, 4.69) is 10.6 Å². The summed E-state index contributed by atoms with van der Waals surface area (Å²) in [6.07, 6.45) is 0.144. The molecule has 1 atom stereocenters. The highest BCUT2D eigenvalue weighted by atomic mass is 19.1. The van der Waals surface area contributed by atoms with Crippen LogP contribution in [0.3, 0.4) is 0 Å². The molecule has 4 nitrogen and oxygen atoms in total. The first-order valence-electron chi connectivity index (χ1n) is 6.71. The van der Waals surface area contributed by atoms with E-state index in [9.17, 15) is 14.3 Å². The van der Waals surface area contributed by atoms with Gasteiger partial charge in [-0.25, -0.2) is 4.39 Å². The highest BCUT2D eigenvalue weighted by molar-refractivity contribution is 5.92. The van der Waals surface area contributed by atoms with Crippen molar-refractivity contribution in [3.63, 3.8) is 0 Å². The first kappa shape index (κ1) is 16.6. The van der Waals surface area contributed by atoms with E-state index in [0.717, 1.165) is 0 Å². The Kier molecular flexibility index (Phi) is 6.10. The molecule has 0 spiro atoms. The van der Waals surface area contributed by atoms with E-state index < -0.39 is 11.9 Å². The minimum Gasteiger partial charge on any atom is -0.392 e. The monoisotopic (exact) mass is 282 g/mol. The van der Waals surface area contributed by atoms with Gasteiger partial charge in [-0.05, 0) is 24.0 Å². The fourth-order valence-corrected chi connectivity index (χ4v) is 1.89. The number of para-hydroxylation sites is 1. The van der Waals surface area contributed by atoms with Crippen LogP contribution in [0.4, 0.5) is 10.1 Å². The van der Waals surface area contributed by atoms with Gasteiger partial charge in [0.1, 0.15) is 5.82 Å². The van der Waals surface area contributed by atoms with Gasteiger partial charge in [0.05, 0.1) is 18.3 Å². The zero-order valence-corrected chi connectivity index (χ0v) is 12.2. The summed E-state index contributed by atoms with van der Waals surface area (Å²) >= 11 is 0. The summed E-state index contributed by atoms with van der Waals surface area (Å²) in [7, 11) is 0. The molecular weight excluding hydrogens is 259 g/mol. The predicted molar refractivity (Wildman–Crippen MR) is 78.0 cm³/mol. The average molecular weight is 282 g/mol. The second-order valence-corrected chi connectivity index (χ2v) is 6.08. The lowest BCUT2D eigenvalue weighted by Gasteiger charge is -2.22. The molecule has 0 fully saturated rings. The zero-order valence-electron chi connectivity index (χ0n) is 12.2. The van der Waals surface area contributed by atoms with Crippen molar-refractivity contribution >= 4 is 11.6 Å². The number of aliphatic hydroxyl groups is 1.